The molecule has 5 rings (SSSR count). The van der Waals surface area contributed by atoms with Crippen LogP contribution in [0, 0.1) is 18.8 Å². The molecule has 52 heavy (non-hydrogen) atoms. The van der Waals surface area contributed by atoms with Crippen LogP contribution in [0.3, 0.4) is 0 Å². The van der Waals surface area contributed by atoms with Crippen LogP contribution in [-0.2, 0) is 27.8 Å². The molecular weight excluding hydrogens is 681 g/mol. The van der Waals surface area contributed by atoms with Crippen molar-refractivity contribution in [3.05, 3.63) is 95.3 Å². The Bertz CT molecular complexity index is 1770. The number of amides is 3. The van der Waals surface area contributed by atoms with Gasteiger partial charge in [0, 0.05) is 44.6 Å². The predicted octanol–water partition coefficient (Wildman–Crippen LogP) is 4.82. The minimum Gasteiger partial charge on any atom is -0.411 e. The Morgan fingerprint density at radius 2 is 1.79 bits per heavy atom. The number of urea groups is 1. The Morgan fingerprint density at radius 3 is 2.44 bits per heavy atom. The van der Waals surface area contributed by atoms with E-state index in [1.165, 1.54) is 22.7 Å². The number of oxime groups is 1. The third-order valence-corrected chi connectivity index (χ3v) is 12.4. The number of aliphatic hydroxyl groups excluding tert-OH is 1. The molecule has 12 nitrogen and oxygen atoms in total. The fraction of sp³-hybridized carbons (Fsp3) is 0.487. The van der Waals surface area contributed by atoms with Gasteiger partial charge < -0.3 is 25.4 Å². The number of carbonyl (C=O) groups excluding carboxylic acids is 2. The summed E-state index contributed by atoms with van der Waals surface area (Å²) in [6, 6.07) is 17.4. The maximum absolute atomic E-state index is 14.4. The number of sulfonamides is 1. The molecule has 2 fully saturated rings. The lowest BCUT2D eigenvalue weighted by Crippen LogP contribution is -2.57. The van der Waals surface area contributed by atoms with E-state index in [-0.39, 0.29) is 48.2 Å². The number of rotatable bonds is 17. The quantitative estimate of drug-likeness (QED) is 0.102. The summed E-state index contributed by atoms with van der Waals surface area (Å²) in [6.07, 6.45) is 6.42. The third-order valence-electron chi connectivity index (χ3n) is 10.5. The number of carbonyl (C=O) groups is 2. The molecule has 3 amide bonds. The second-order valence-corrected chi connectivity index (χ2v) is 16.1. The van der Waals surface area contributed by atoms with E-state index < -0.39 is 28.2 Å². The molecule has 1 aliphatic heterocycles. The minimum atomic E-state index is -4.05. The molecule has 2 aliphatic rings. The fourth-order valence-electron chi connectivity index (χ4n) is 7.28. The molecule has 0 radical (unpaired) electrons. The summed E-state index contributed by atoms with van der Waals surface area (Å²) < 4.78 is 29.6. The Morgan fingerprint density at radius 1 is 1.08 bits per heavy atom. The van der Waals surface area contributed by atoms with E-state index in [4.69, 9.17) is 5.21 Å². The first-order chi connectivity index (χ1) is 25.0. The number of aryl methyl sites for hydroxylation is 1. The zero-order valence-electron chi connectivity index (χ0n) is 30.3. The van der Waals surface area contributed by atoms with Crippen molar-refractivity contribution in [2.75, 3.05) is 26.2 Å². The first kappa shape index (κ1) is 38.9. The number of nitrogens with zero attached hydrogens (tertiary/aromatic N) is 5. The lowest BCUT2D eigenvalue weighted by atomic mass is 9.95. The van der Waals surface area contributed by atoms with E-state index >= 15 is 0 Å². The molecule has 1 saturated carbocycles. The largest absolute Gasteiger partial charge is 0.411 e. The van der Waals surface area contributed by atoms with Crippen LogP contribution in [0.4, 0.5) is 4.79 Å². The predicted molar refractivity (Wildman–Crippen MR) is 199 cm³/mol. The van der Waals surface area contributed by atoms with E-state index in [1.54, 1.807) is 28.1 Å². The molecule has 1 saturated heterocycles. The summed E-state index contributed by atoms with van der Waals surface area (Å²) in [4.78, 5) is 36.0. The first-order valence-corrected chi connectivity index (χ1v) is 19.7. The van der Waals surface area contributed by atoms with Crippen molar-refractivity contribution in [1.82, 2.24) is 24.4 Å². The summed E-state index contributed by atoms with van der Waals surface area (Å²) >= 11 is 0. The Labute approximate surface area is 307 Å². The highest BCUT2D eigenvalue weighted by molar-refractivity contribution is 7.89. The van der Waals surface area contributed by atoms with Gasteiger partial charge in [0.1, 0.15) is 6.04 Å². The van der Waals surface area contributed by atoms with Crippen LogP contribution in [0.1, 0.15) is 68.3 Å². The lowest BCUT2D eigenvalue weighted by molar-refractivity contribution is -0.128. The second-order valence-electron chi connectivity index (χ2n) is 14.1. The number of benzene rings is 2. The van der Waals surface area contributed by atoms with Gasteiger partial charge in [0.05, 0.1) is 23.3 Å². The van der Waals surface area contributed by atoms with Gasteiger partial charge in [0.25, 0.3) is 0 Å². The van der Waals surface area contributed by atoms with Crippen LogP contribution in [0.2, 0.25) is 0 Å². The second kappa shape index (κ2) is 17.9. The van der Waals surface area contributed by atoms with Gasteiger partial charge in [-0.15, -0.1) is 0 Å². The summed E-state index contributed by atoms with van der Waals surface area (Å²) in [5.74, 6) is -0.413. The average Bonchev–Trinajstić information content (AvgIpc) is 3.79. The van der Waals surface area contributed by atoms with Gasteiger partial charge in [-0.05, 0) is 72.9 Å². The molecule has 1 aliphatic carbocycles. The van der Waals surface area contributed by atoms with Crippen LogP contribution < -0.4 is 5.32 Å². The van der Waals surface area contributed by atoms with Gasteiger partial charge in [-0.25, -0.2) is 13.2 Å². The molecule has 280 valence electrons. The molecule has 1 aromatic heterocycles. The molecule has 2 heterocycles. The average molecular weight is 733 g/mol. The van der Waals surface area contributed by atoms with Crippen molar-refractivity contribution in [2.45, 2.75) is 88.9 Å². The Kier molecular flexibility index (Phi) is 13.4. The summed E-state index contributed by atoms with van der Waals surface area (Å²) in [6.45, 7) is 7.08. The Balaban J connectivity index is 1.40. The highest BCUT2D eigenvalue weighted by Gasteiger charge is 2.41. The topological polar surface area (TPSA) is 156 Å². The smallest absolute Gasteiger partial charge is 0.321 e. The van der Waals surface area contributed by atoms with Crippen molar-refractivity contribution >= 4 is 28.2 Å². The minimum absolute atomic E-state index is 0.0619. The van der Waals surface area contributed by atoms with Gasteiger partial charge in [0.2, 0.25) is 15.9 Å². The first-order valence-electron chi connectivity index (χ1n) is 18.3. The van der Waals surface area contributed by atoms with Gasteiger partial charge in [0.15, 0.2) is 0 Å². The standard InChI is InChI=1S/C39H52N6O6S/c1-4-28(2)37(45-22-21-43(39(45)48)26-33-15-10-20-40-29(33)3)38(47)42-35(23-30-11-6-5-7-12-30)36(46)27-44(25-32-13-8-9-14-32)52(50,51)34-18-16-31(17-19-34)24-41-49/h5-7,10-12,15-20,24,28,32,35-37,46,49H,4,8-9,13-14,21-23,25-27H2,1-3H3,(H,42,47)/b41-24+/t28?,35-,36+,37?/m0/s1. The van der Waals surface area contributed by atoms with Crippen molar-refractivity contribution in [3.63, 3.8) is 0 Å². The number of hydrogen-bond acceptors (Lipinski definition) is 8. The molecule has 4 atom stereocenters. The molecule has 0 bridgehead atoms. The van der Waals surface area contributed by atoms with Crippen molar-refractivity contribution in [2.24, 2.45) is 17.0 Å². The van der Waals surface area contributed by atoms with Crippen molar-refractivity contribution in [3.8, 4) is 0 Å². The molecule has 3 aromatic rings. The Hall–Kier alpha value is -4.33. The SMILES string of the molecule is CCC(C)C(C(=O)N[C@@H](Cc1ccccc1)[C@H](O)CN(CC1CCCC1)S(=O)(=O)c1ccc(/C=N/O)cc1)N1CCN(Cc2cccnc2C)C1=O. The van der Waals surface area contributed by atoms with Crippen LogP contribution in [-0.4, -0.2) is 100 Å². The molecule has 3 N–H and O–H groups in total. The van der Waals surface area contributed by atoms with Crippen LogP contribution in [0.5, 0.6) is 0 Å². The van der Waals surface area contributed by atoms with Gasteiger partial charge in [-0.1, -0.05) is 86.8 Å². The third kappa shape index (κ3) is 9.55. The molecule has 13 heteroatoms. The summed E-state index contributed by atoms with van der Waals surface area (Å²) in [5, 5.41) is 27.0. The van der Waals surface area contributed by atoms with Crippen molar-refractivity contribution < 1.29 is 28.3 Å². The van der Waals surface area contributed by atoms with Gasteiger partial charge in [-0.3, -0.25) is 9.78 Å². The number of pyridine rings is 1. The lowest BCUT2D eigenvalue weighted by Gasteiger charge is -2.35. The number of aliphatic hydroxyl groups is 1. The summed E-state index contributed by atoms with van der Waals surface area (Å²) in [7, 11) is -4.05. The highest BCUT2D eigenvalue weighted by Crippen LogP contribution is 2.29. The molecular formula is C39H52N6O6S. The summed E-state index contributed by atoms with van der Waals surface area (Å²) in [5.41, 5.74) is 3.20. The highest BCUT2D eigenvalue weighted by atomic mass is 32.2. The van der Waals surface area contributed by atoms with Gasteiger partial charge >= 0.3 is 6.03 Å². The van der Waals surface area contributed by atoms with E-state index in [1.807, 2.05) is 63.2 Å². The van der Waals surface area contributed by atoms with E-state index in [0.717, 1.165) is 42.5 Å². The maximum Gasteiger partial charge on any atom is 0.321 e. The van der Waals surface area contributed by atoms with Gasteiger partial charge in [-0.2, -0.15) is 4.31 Å². The van der Waals surface area contributed by atoms with E-state index in [2.05, 4.69) is 15.5 Å². The molecule has 0 spiro atoms. The zero-order chi connectivity index (χ0) is 37.3. The zero-order valence-corrected chi connectivity index (χ0v) is 31.2. The van der Waals surface area contributed by atoms with E-state index in [0.29, 0.717) is 31.6 Å². The number of nitrogens with one attached hydrogen (secondary N) is 1. The van der Waals surface area contributed by atoms with Crippen LogP contribution in [0.15, 0.2) is 83.0 Å². The molecule has 2 aromatic carbocycles. The number of hydrogen-bond donors (Lipinski definition) is 3. The fourth-order valence-corrected chi connectivity index (χ4v) is 8.81. The maximum atomic E-state index is 14.4. The number of aromatic nitrogens is 1. The van der Waals surface area contributed by atoms with Crippen molar-refractivity contribution in [1.29, 1.82) is 0 Å². The normalized spacial score (nSPS) is 17.9. The molecule has 2 unspecified atom stereocenters. The van der Waals surface area contributed by atoms with E-state index in [9.17, 15) is 23.1 Å². The van der Waals surface area contributed by atoms with Crippen LogP contribution in [0.25, 0.3) is 0 Å². The van der Waals surface area contributed by atoms with Crippen LogP contribution >= 0.6 is 0 Å². The monoisotopic (exact) mass is 732 g/mol.